The molecule has 1 aromatic carbocycles. The number of carbonyl (C=O) groups is 4. The van der Waals surface area contributed by atoms with Gasteiger partial charge in [-0.3, -0.25) is 19.2 Å². The Bertz CT molecular complexity index is 1290. The summed E-state index contributed by atoms with van der Waals surface area (Å²) in [4.78, 5) is 59.2. The van der Waals surface area contributed by atoms with E-state index < -0.39 is 53.7 Å². The number of rotatable bonds is 18. The van der Waals surface area contributed by atoms with Crippen LogP contribution in [-0.2, 0) is 28.7 Å². The van der Waals surface area contributed by atoms with Crippen LogP contribution in [0.1, 0.15) is 84.3 Å². The Morgan fingerprint density at radius 3 is 2.53 bits per heavy atom. The molecule has 1 aromatic rings. The number of esters is 1. The summed E-state index contributed by atoms with van der Waals surface area (Å²) in [7, 11) is 0. The maximum absolute atomic E-state index is 14.6. The normalized spacial score (nSPS) is 26.4. The van der Waals surface area contributed by atoms with Crippen molar-refractivity contribution < 1.29 is 33.8 Å². The van der Waals surface area contributed by atoms with Crippen LogP contribution < -0.4 is 5.32 Å². The smallest absolute Gasteiger partial charge is 0.313 e. The maximum Gasteiger partial charge on any atom is 0.313 e. The molecule has 3 fully saturated rings. The van der Waals surface area contributed by atoms with Crippen LogP contribution in [-0.4, -0.2) is 88.1 Å². The lowest BCUT2D eigenvalue weighted by Gasteiger charge is -2.39. The Morgan fingerprint density at radius 2 is 1.91 bits per heavy atom. The zero-order chi connectivity index (χ0) is 34.3. The number of carbonyl (C=O) groups excluding carboxylic acids is 4. The van der Waals surface area contributed by atoms with Gasteiger partial charge in [0.1, 0.15) is 17.7 Å². The molecule has 3 saturated heterocycles. The van der Waals surface area contributed by atoms with Crippen LogP contribution in [0, 0.1) is 17.8 Å². The lowest BCUT2D eigenvalue weighted by Crippen LogP contribution is -2.59. The number of aliphatic hydroxyl groups excluding tert-OH is 1. The fraction of sp³-hybridized carbons (Fsp3) is 0.622. The Labute approximate surface area is 279 Å². The van der Waals surface area contributed by atoms with Gasteiger partial charge in [-0.25, -0.2) is 0 Å². The fourth-order valence-electron chi connectivity index (χ4n) is 7.76. The monoisotopic (exact) mass is 651 g/mol. The van der Waals surface area contributed by atoms with E-state index in [9.17, 15) is 24.3 Å². The molecule has 10 nitrogen and oxygen atoms in total. The van der Waals surface area contributed by atoms with Crippen molar-refractivity contribution in [1.82, 2.24) is 15.1 Å². The molecule has 0 saturated carbocycles. The number of unbranched alkanes of at least 4 members (excludes halogenated alkanes) is 1. The zero-order valence-electron chi connectivity index (χ0n) is 28.4. The second-order valence-electron chi connectivity index (χ2n) is 13.6. The van der Waals surface area contributed by atoms with E-state index in [1.807, 2.05) is 44.2 Å². The highest BCUT2D eigenvalue weighted by Crippen LogP contribution is 2.59. The zero-order valence-corrected chi connectivity index (χ0v) is 28.4. The number of nitrogens with zero attached hydrogens (tertiary/aromatic N) is 2. The van der Waals surface area contributed by atoms with Crippen molar-refractivity contribution in [2.75, 3.05) is 19.7 Å². The second kappa shape index (κ2) is 16.1. The van der Waals surface area contributed by atoms with Crippen LogP contribution in [0.15, 0.2) is 55.6 Å². The molecule has 3 heterocycles. The Hall–Kier alpha value is -3.50. The maximum atomic E-state index is 14.6. The summed E-state index contributed by atoms with van der Waals surface area (Å²) in [5.41, 5.74) is -0.512. The summed E-state index contributed by atoms with van der Waals surface area (Å²) in [6.07, 6.45) is 5.81. The SMILES string of the molecule is C=CCCC(=O)N[C@@H](C)[C@H](OC(=O)[C@@H]1[C@H]2C(=O)N([C@@H](CO)CC(C)C)[C@H](C(=O)N(CC=C)CCCC)[C@]23CC[C@H]1O3)c1ccccc1. The molecule has 47 heavy (non-hydrogen) atoms. The first kappa shape index (κ1) is 36.3. The molecule has 4 rings (SSSR count). The van der Waals surface area contributed by atoms with Gasteiger partial charge in [-0.15, -0.1) is 13.2 Å². The Balaban J connectivity index is 1.70. The van der Waals surface area contributed by atoms with E-state index in [0.29, 0.717) is 44.3 Å². The van der Waals surface area contributed by atoms with Gasteiger partial charge in [0.2, 0.25) is 17.7 Å². The Kier molecular flexibility index (Phi) is 12.4. The number of fused-ring (bicyclic) bond motifs is 1. The van der Waals surface area contributed by atoms with Gasteiger partial charge in [0.25, 0.3) is 0 Å². The average molecular weight is 652 g/mol. The van der Waals surface area contributed by atoms with Crippen LogP contribution in [0.3, 0.4) is 0 Å². The number of amides is 3. The molecule has 0 unspecified atom stereocenters. The van der Waals surface area contributed by atoms with E-state index in [0.717, 1.165) is 12.8 Å². The van der Waals surface area contributed by atoms with Crippen molar-refractivity contribution in [1.29, 1.82) is 0 Å². The third kappa shape index (κ3) is 7.49. The number of nitrogens with one attached hydrogen (secondary N) is 1. The van der Waals surface area contributed by atoms with Gasteiger partial charge in [-0.05, 0) is 50.5 Å². The average Bonchev–Trinajstić information content (AvgIpc) is 3.70. The molecule has 8 atom stereocenters. The molecular weight excluding hydrogens is 598 g/mol. The molecule has 2 bridgehead atoms. The first-order chi connectivity index (χ1) is 22.5. The third-order valence-electron chi connectivity index (χ3n) is 9.82. The number of aliphatic hydroxyl groups is 1. The van der Waals surface area contributed by atoms with E-state index >= 15 is 0 Å². The van der Waals surface area contributed by atoms with Crippen LogP contribution in [0.25, 0.3) is 0 Å². The summed E-state index contributed by atoms with van der Waals surface area (Å²) in [6.45, 7) is 15.9. The number of benzene rings is 1. The molecular formula is C37H53N3O7. The van der Waals surface area contributed by atoms with Crippen LogP contribution >= 0.6 is 0 Å². The standard InChI is InChI=1S/C37H53N3O7/c1-7-10-17-29(42)38-25(6)32(26-15-13-12-14-16-26)46-36(45)30-28-18-19-37(47-28)31(30)34(43)40(27(23-41)22-24(4)5)33(37)35(44)39(20-9-3)21-11-8-2/h7,9,12-16,24-25,27-28,30-33,41H,1,3,8,10-11,17-23H2,2,4-6H3,(H,38,42)/t25-,27+,28+,30-,31-,32-,33+,37-/m0/s1. The highest BCUT2D eigenvalue weighted by Gasteiger charge is 2.75. The predicted octanol–water partition coefficient (Wildman–Crippen LogP) is 4.34. The van der Waals surface area contributed by atoms with E-state index in [1.165, 1.54) is 4.90 Å². The predicted molar refractivity (Wildman–Crippen MR) is 179 cm³/mol. The first-order valence-electron chi connectivity index (χ1n) is 17.2. The second-order valence-corrected chi connectivity index (χ2v) is 13.6. The quantitative estimate of drug-likeness (QED) is 0.179. The van der Waals surface area contributed by atoms with Gasteiger partial charge in [-0.1, -0.05) is 69.7 Å². The molecule has 1 spiro atoms. The third-order valence-corrected chi connectivity index (χ3v) is 9.82. The lowest BCUT2D eigenvalue weighted by molar-refractivity contribution is -0.162. The molecule has 3 amide bonds. The van der Waals surface area contributed by atoms with Gasteiger partial charge in [0.05, 0.1) is 36.6 Å². The number of ether oxygens (including phenoxy) is 2. The minimum absolute atomic E-state index is 0.144. The van der Waals surface area contributed by atoms with Crippen LogP contribution in [0.5, 0.6) is 0 Å². The highest BCUT2D eigenvalue weighted by atomic mass is 16.6. The number of hydrogen-bond acceptors (Lipinski definition) is 7. The minimum atomic E-state index is -1.22. The fourth-order valence-corrected chi connectivity index (χ4v) is 7.76. The molecule has 258 valence electrons. The molecule has 10 heteroatoms. The summed E-state index contributed by atoms with van der Waals surface area (Å²) >= 11 is 0. The highest BCUT2D eigenvalue weighted by molar-refractivity contribution is 5.98. The van der Waals surface area contributed by atoms with Crippen molar-refractivity contribution >= 4 is 23.7 Å². The van der Waals surface area contributed by atoms with Crippen molar-refractivity contribution in [3.05, 3.63) is 61.2 Å². The van der Waals surface area contributed by atoms with Gasteiger partial charge in [0.15, 0.2) is 0 Å². The number of hydrogen-bond donors (Lipinski definition) is 2. The van der Waals surface area contributed by atoms with E-state index in [2.05, 4.69) is 25.4 Å². The number of likely N-dealkylation sites (tertiary alicyclic amines) is 1. The summed E-state index contributed by atoms with van der Waals surface area (Å²) in [5, 5.41) is 13.5. The van der Waals surface area contributed by atoms with Crippen molar-refractivity contribution in [2.45, 2.75) is 109 Å². The molecule has 0 aromatic heterocycles. The minimum Gasteiger partial charge on any atom is -0.455 e. The van der Waals surface area contributed by atoms with Crippen LogP contribution in [0.4, 0.5) is 0 Å². The summed E-state index contributed by atoms with van der Waals surface area (Å²) < 4.78 is 12.9. The molecule has 2 N–H and O–H groups in total. The van der Waals surface area contributed by atoms with Crippen molar-refractivity contribution in [3.63, 3.8) is 0 Å². The van der Waals surface area contributed by atoms with Crippen molar-refractivity contribution in [3.8, 4) is 0 Å². The van der Waals surface area contributed by atoms with Gasteiger partial charge < -0.3 is 29.7 Å². The number of allylic oxidation sites excluding steroid dienone is 1. The molecule has 0 aliphatic carbocycles. The van der Waals surface area contributed by atoms with Crippen LogP contribution in [0.2, 0.25) is 0 Å². The summed E-state index contributed by atoms with van der Waals surface area (Å²) in [6, 6.07) is 7.04. The van der Waals surface area contributed by atoms with Crippen molar-refractivity contribution in [2.24, 2.45) is 17.8 Å². The van der Waals surface area contributed by atoms with E-state index in [4.69, 9.17) is 9.47 Å². The molecule has 3 aliphatic heterocycles. The van der Waals surface area contributed by atoms with E-state index in [-0.39, 0.29) is 36.7 Å². The van der Waals surface area contributed by atoms with Gasteiger partial charge >= 0.3 is 5.97 Å². The largest absolute Gasteiger partial charge is 0.455 e. The topological polar surface area (TPSA) is 125 Å². The van der Waals surface area contributed by atoms with E-state index in [1.54, 1.807) is 24.0 Å². The first-order valence-corrected chi connectivity index (χ1v) is 17.2. The Morgan fingerprint density at radius 1 is 1.19 bits per heavy atom. The van der Waals surface area contributed by atoms with Gasteiger partial charge in [0, 0.05) is 19.5 Å². The summed E-state index contributed by atoms with van der Waals surface area (Å²) in [5.74, 6) is -3.12. The lowest BCUT2D eigenvalue weighted by atomic mass is 9.70. The molecule has 0 radical (unpaired) electrons. The van der Waals surface area contributed by atoms with Gasteiger partial charge in [-0.2, -0.15) is 0 Å². The molecule has 3 aliphatic rings.